The van der Waals surface area contributed by atoms with Crippen molar-refractivity contribution < 1.29 is 29.8 Å². The van der Waals surface area contributed by atoms with E-state index in [-0.39, 0.29) is 44.6 Å². The van der Waals surface area contributed by atoms with Crippen LogP contribution in [0.15, 0.2) is 18.2 Å². The Morgan fingerprint density at radius 1 is 0.842 bits per heavy atom. The van der Waals surface area contributed by atoms with Crippen LogP contribution in [0.4, 0.5) is 0 Å². The first-order chi connectivity index (χ1) is 6.35. The Labute approximate surface area is 124 Å². The SMILES string of the molecule is O=[C]=[Re](=[C]=O)=[C]=O.[C-]1=CC=CCC1.[CH3-].[CH3-].[CH3-].[CH3-].[CH3-].[CH3-]. The molecule has 0 fully saturated rings. The summed E-state index contributed by atoms with van der Waals surface area (Å²) in [6.07, 6.45) is 11.5. The van der Waals surface area contributed by atoms with Gasteiger partial charge in [-0.2, -0.15) is 6.08 Å². The van der Waals surface area contributed by atoms with Gasteiger partial charge in [-0.1, -0.05) is 6.42 Å². The van der Waals surface area contributed by atoms with E-state index < -0.39 is 15.4 Å². The summed E-state index contributed by atoms with van der Waals surface area (Å²) in [6, 6.07) is 0. The molecule has 0 spiro atoms. The average molecular weight is 440 g/mol. The Hall–Kier alpha value is -1.12. The Morgan fingerprint density at radius 3 is 1.32 bits per heavy atom. The monoisotopic (exact) mass is 440 g/mol. The summed E-state index contributed by atoms with van der Waals surface area (Å²) in [5, 5.41) is 0. The van der Waals surface area contributed by atoms with E-state index in [0.29, 0.717) is 0 Å². The van der Waals surface area contributed by atoms with Crippen LogP contribution in [0.5, 0.6) is 0 Å². The van der Waals surface area contributed by atoms with Gasteiger partial charge in [0.05, 0.1) is 0 Å². The minimum absolute atomic E-state index is 0. The summed E-state index contributed by atoms with van der Waals surface area (Å²) in [7, 11) is 0. The number of hydrogen-bond acceptors (Lipinski definition) is 3. The van der Waals surface area contributed by atoms with Crippen LogP contribution in [0.25, 0.3) is 0 Å². The molecule has 1 aliphatic rings. The molecule has 4 heteroatoms. The van der Waals surface area contributed by atoms with Gasteiger partial charge in [0.2, 0.25) is 0 Å². The van der Waals surface area contributed by atoms with E-state index in [1.165, 1.54) is 19.5 Å². The molecule has 0 aromatic carbocycles. The summed E-state index contributed by atoms with van der Waals surface area (Å²) in [5.74, 6) is 0. The smallest absolute Gasteiger partial charge is 0.0639 e. The maximum Gasteiger partial charge on any atom is -0.0639 e. The van der Waals surface area contributed by atoms with Crippen LogP contribution in [-0.4, -0.2) is 13.1 Å². The first-order valence-electron chi connectivity index (χ1n) is 3.40. The van der Waals surface area contributed by atoms with Gasteiger partial charge in [0.25, 0.3) is 0 Å². The van der Waals surface area contributed by atoms with E-state index in [9.17, 15) is 14.4 Å². The molecule has 0 aromatic heterocycles. The zero-order chi connectivity index (χ0) is 9.94. The second-order valence-corrected chi connectivity index (χ2v) is 5.55. The molecule has 0 unspecified atom stereocenters. The van der Waals surface area contributed by atoms with Crippen molar-refractivity contribution in [3.05, 3.63) is 68.9 Å². The second-order valence-electron chi connectivity index (χ2n) is 1.85. The van der Waals surface area contributed by atoms with Crippen molar-refractivity contribution in [3.8, 4) is 0 Å². The van der Waals surface area contributed by atoms with Gasteiger partial charge in [0, 0.05) is 0 Å². The van der Waals surface area contributed by atoms with Crippen LogP contribution < -0.4 is 0 Å². The normalized spacial score (nSPS) is 7.79. The molecule has 0 amide bonds. The van der Waals surface area contributed by atoms with Crippen LogP contribution in [-0.2, 0) is 29.8 Å². The second kappa shape index (κ2) is 36.0. The third kappa shape index (κ3) is 31.6. The van der Waals surface area contributed by atoms with Gasteiger partial charge in [-0.3, -0.25) is 6.08 Å². The zero-order valence-electron chi connectivity index (χ0n) is 12.7. The molecular weight excluding hydrogens is 414 g/mol. The summed E-state index contributed by atoms with van der Waals surface area (Å²) in [4.78, 5) is 28.2. The molecule has 0 radical (unpaired) electrons. The molecule has 3 nitrogen and oxygen atoms in total. The number of rotatable bonds is 0. The van der Waals surface area contributed by atoms with Gasteiger partial charge in [-0.25, -0.2) is 12.2 Å². The van der Waals surface area contributed by atoms with Crippen LogP contribution in [0.3, 0.4) is 0 Å². The Morgan fingerprint density at radius 2 is 1.26 bits per heavy atom. The average Bonchev–Trinajstić information content (AvgIpc) is 2.24. The van der Waals surface area contributed by atoms with Crippen LogP contribution in [0.1, 0.15) is 12.8 Å². The topological polar surface area (TPSA) is 51.2 Å². The van der Waals surface area contributed by atoms with Gasteiger partial charge in [-0.15, -0.1) is 6.42 Å². The molecule has 0 saturated heterocycles. The van der Waals surface area contributed by atoms with Crippen molar-refractivity contribution >= 4 is 13.1 Å². The number of allylic oxidation sites excluding steroid dienone is 4. The van der Waals surface area contributed by atoms with E-state index >= 15 is 0 Å². The predicted octanol–water partition coefficient (Wildman–Crippen LogP) is 3.20. The molecule has 0 heterocycles. The van der Waals surface area contributed by atoms with Gasteiger partial charge in [0.1, 0.15) is 0 Å². The first-order valence-corrected chi connectivity index (χ1v) is 7.47. The van der Waals surface area contributed by atoms with Crippen LogP contribution >= 0.6 is 0 Å². The molecule has 1 rings (SSSR count). The van der Waals surface area contributed by atoms with Gasteiger partial charge < -0.3 is 44.6 Å². The molecule has 0 aromatic rings. The fraction of sp³-hybridized carbons (Fsp3) is 0.133. The third-order valence-electron chi connectivity index (χ3n) is 1.04. The van der Waals surface area contributed by atoms with E-state index in [1.54, 1.807) is 0 Å². The largest absolute Gasteiger partial charge is 0.358 e. The van der Waals surface area contributed by atoms with Crippen LogP contribution in [0.2, 0.25) is 0 Å². The molecule has 0 aliphatic heterocycles. The molecule has 117 valence electrons. The summed E-state index contributed by atoms with van der Waals surface area (Å²) in [5.41, 5.74) is 0. The molecule has 1 aliphatic carbocycles. The van der Waals surface area contributed by atoms with Crippen molar-refractivity contribution in [2.45, 2.75) is 12.8 Å². The summed E-state index contributed by atoms with van der Waals surface area (Å²) in [6.45, 7) is 0. The van der Waals surface area contributed by atoms with E-state index in [1.807, 2.05) is 12.2 Å². The molecule has 0 bridgehead atoms. The van der Waals surface area contributed by atoms with Gasteiger partial charge >= 0.3 is 42.8 Å². The minimum atomic E-state index is -2.97. The van der Waals surface area contributed by atoms with Gasteiger partial charge in [0.15, 0.2) is 0 Å². The van der Waals surface area contributed by atoms with Crippen molar-refractivity contribution in [2.24, 2.45) is 0 Å². The Balaban J connectivity index is -0.0000000231. The van der Waals surface area contributed by atoms with E-state index in [2.05, 4.69) is 12.2 Å². The molecule has 0 atom stereocenters. The minimum Gasteiger partial charge on any atom is -0.358 e. The van der Waals surface area contributed by atoms with Crippen molar-refractivity contribution in [1.82, 2.24) is 0 Å². The van der Waals surface area contributed by atoms with Crippen molar-refractivity contribution in [2.75, 3.05) is 0 Å². The Kier molecular flexibility index (Phi) is 81.5. The van der Waals surface area contributed by atoms with Crippen molar-refractivity contribution in [3.63, 3.8) is 0 Å². The Bertz CT molecular complexity index is 355. The molecule has 19 heavy (non-hydrogen) atoms. The number of carbonyl (C=O) groups excluding carboxylic acids is 3. The fourth-order valence-corrected chi connectivity index (χ4v) is 0.869. The quantitative estimate of drug-likeness (QED) is 0.545. The number of hydrogen-bond donors (Lipinski definition) is 0. The summed E-state index contributed by atoms with van der Waals surface area (Å²) >= 11 is -2.97. The molecule has 0 saturated carbocycles. The zero-order valence-corrected chi connectivity index (χ0v) is 15.5. The molecule has 0 N–H and O–H groups in total. The fourth-order valence-electron chi connectivity index (χ4n) is 0.530. The molecular formula is C15H25O3Re-7. The van der Waals surface area contributed by atoms with Gasteiger partial charge in [-0.05, 0) is 0 Å². The maximum atomic E-state index is 9.40. The standard InChI is InChI=1S/C6H7.3CO.6CH3.Re/c1-2-4-6-5-3-1;3*1-2;;;;;;;/h1-3H,4,6H2;;;;6*1H3;/q-1;;;;6*-1;. The maximum absolute atomic E-state index is 9.40. The van der Waals surface area contributed by atoms with E-state index in [0.717, 1.165) is 6.42 Å². The summed E-state index contributed by atoms with van der Waals surface area (Å²) < 4.78 is 3.87. The predicted molar refractivity (Wildman–Crippen MR) is 81.8 cm³/mol. The van der Waals surface area contributed by atoms with Crippen LogP contribution in [0, 0.1) is 50.6 Å². The third-order valence-corrected chi connectivity index (χ3v) is 2.70. The first kappa shape index (κ1) is 43.0. The van der Waals surface area contributed by atoms with E-state index in [4.69, 9.17) is 0 Å². The van der Waals surface area contributed by atoms with Crippen molar-refractivity contribution in [1.29, 1.82) is 0 Å².